The minimum Gasteiger partial charge on any atom is -0.258 e. The first-order chi connectivity index (χ1) is 12.8. The van der Waals surface area contributed by atoms with Crippen molar-refractivity contribution in [2.75, 3.05) is 0 Å². The fraction of sp³-hybridized carbons (Fsp3) is 0.391. The average molecular weight is 367 g/mol. The van der Waals surface area contributed by atoms with E-state index in [-0.39, 0.29) is 21.8 Å². The summed E-state index contributed by atoms with van der Waals surface area (Å²) in [5.41, 5.74) is 4.07. The molecule has 142 valence electrons. The minimum absolute atomic E-state index is 0.0426. The quantitative estimate of drug-likeness (QED) is 0.442. The largest absolute Gasteiger partial charge is 0.276 e. The molecule has 4 heteroatoms. The molecule has 0 saturated carbocycles. The lowest BCUT2D eigenvalue weighted by molar-refractivity contribution is -0.385. The molecule has 0 heterocycles. The molecule has 0 N–H and O–H groups in total. The van der Waals surface area contributed by atoms with Gasteiger partial charge >= 0.3 is 0 Å². The molecule has 2 aromatic carbocycles. The molecule has 0 saturated heterocycles. The van der Waals surface area contributed by atoms with Crippen LogP contribution in [0.2, 0.25) is 0 Å². The van der Waals surface area contributed by atoms with Crippen molar-refractivity contribution in [3.63, 3.8) is 0 Å². The van der Waals surface area contributed by atoms with Gasteiger partial charge in [0, 0.05) is 6.07 Å². The van der Waals surface area contributed by atoms with Gasteiger partial charge in [0.1, 0.15) is 5.82 Å². The van der Waals surface area contributed by atoms with E-state index in [9.17, 15) is 14.5 Å². The Labute approximate surface area is 160 Å². The van der Waals surface area contributed by atoms with Crippen molar-refractivity contribution in [3.8, 4) is 0 Å². The highest BCUT2D eigenvalue weighted by Crippen LogP contribution is 2.47. The highest BCUT2D eigenvalue weighted by molar-refractivity contribution is 5.73. The van der Waals surface area contributed by atoms with Gasteiger partial charge in [0.15, 0.2) is 0 Å². The van der Waals surface area contributed by atoms with Gasteiger partial charge in [-0.3, -0.25) is 10.1 Å². The second-order valence-electron chi connectivity index (χ2n) is 8.05. The Morgan fingerprint density at radius 3 is 2.56 bits per heavy atom. The van der Waals surface area contributed by atoms with Gasteiger partial charge in [0.2, 0.25) is 0 Å². The van der Waals surface area contributed by atoms with E-state index in [1.807, 2.05) is 25.1 Å². The van der Waals surface area contributed by atoms with Gasteiger partial charge in [0.25, 0.3) is 5.69 Å². The first-order valence-corrected chi connectivity index (χ1v) is 9.52. The summed E-state index contributed by atoms with van der Waals surface area (Å²) in [6.45, 7) is 6.39. The predicted octanol–water partition coefficient (Wildman–Crippen LogP) is 6.59. The lowest BCUT2D eigenvalue weighted by Gasteiger charge is -2.40. The summed E-state index contributed by atoms with van der Waals surface area (Å²) in [5.74, 6) is 0.304. The van der Waals surface area contributed by atoms with Crippen molar-refractivity contribution in [2.24, 2.45) is 5.92 Å². The monoisotopic (exact) mass is 367 g/mol. The predicted molar refractivity (Wildman–Crippen MR) is 107 cm³/mol. The fourth-order valence-corrected chi connectivity index (χ4v) is 4.59. The molecule has 0 radical (unpaired) electrons. The third kappa shape index (κ3) is 3.95. The standard InChI is InChI=1S/C23H26FNO2/c1-16(2)15-23(21-9-8-19(24)14-17(21)3)12-10-18(11-13-23)20-6-4-5-7-22(20)25(26)27/h4-10,14,16H,11-13,15H2,1-3H3. The van der Waals surface area contributed by atoms with E-state index >= 15 is 0 Å². The van der Waals surface area contributed by atoms with Gasteiger partial charge in [-0.05, 0) is 78.8 Å². The molecule has 1 aliphatic rings. The highest BCUT2D eigenvalue weighted by Gasteiger charge is 2.36. The third-order valence-corrected chi connectivity index (χ3v) is 5.62. The first kappa shape index (κ1) is 19.3. The van der Waals surface area contributed by atoms with E-state index in [0.717, 1.165) is 42.4 Å². The molecule has 27 heavy (non-hydrogen) atoms. The maximum Gasteiger partial charge on any atom is 0.276 e. The van der Waals surface area contributed by atoms with Crippen LogP contribution in [0.25, 0.3) is 5.57 Å². The van der Waals surface area contributed by atoms with Gasteiger partial charge in [-0.15, -0.1) is 0 Å². The number of para-hydroxylation sites is 1. The number of hydrogen-bond acceptors (Lipinski definition) is 2. The smallest absolute Gasteiger partial charge is 0.258 e. The Morgan fingerprint density at radius 2 is 1.96 bits per heavy atom. The first-order valence-electron chi connectivity index (χ1n) is 9.52. The van der Waals surface area contributed by atoms with E-state index in [1.54, 1.807) is 24.3 Å². The zero-order chi connectivity index (χ0) is 19.6. The number of nitrogens with zero attached hydrogens (tertiary/aromatic N) is 1. The van der Waals surface area contributed by atoms with Crippen LogP contribution in [0.4, 0.5) is 10.1 Å². The van der Waals surface area contributed by atoms with Crippen LogP contribution < -0.4 is 0 Å². The summed E-state index contributed by atoms with van der Waals surface area (Å²) < 4.78 is 13.6. The second-order valence-corrected chi connectivity index (χ2v) is 8.05. The normalized spacial score (nSPS) is 19.8. The lowest BCUT2D eigenvalue weighted by Crippen LogP contribution is -2.31. The Hall–Kier alpha value is -2.49. The van der Waals surface area contributed by atoms with E-state index in [0.29, 0.717) is 5.92 Å². The summed E-state index contributed by atoms with van der Waals surface area (Å²) in [6, 6.07) is 12.0. The zero-order valence-electron chi connectivity index (χ0n) is 16.2. The Bertz CT molecular complexity index is 888. The van der Waals surface area contributed by atoms with Crippen molar-refractivity contribution >= 4 is 11.3 Å². The summed E-state index contributed by atoms with van der Waals surface area (Å²) in [6.07, 6.45) is 5.69. The van der Waals surface area contributed by atoms with E-state index in [1.165, 1.54) is 5.56 Å². The number of nitro benzene ring substituents is 1. The van der Waals surface area contributed by atoms with Gasteiger partial charge in [0.05, 0.1) is 10.5 Å². The highest BCUT2D eigenvalue weighted by atomic mass is 19.1. The maximum atomic E-state index is 13.6. The van der Waals surface area contributed by atoms with Crippen LogP contribution in [0.1, 0.15) is 56.2 Å². The zero-order valence-corrected chi connectivity index (χ0v) is 16.2. The number of aryl methyl sites for hydroxylation is 1. The SMILES string of the molecule is Cc1cc(F)ccc1C1(CC(C)C)CC=C(c2ccccc2[N+](=O)[O-])CC1. The molecule has 0 bridgehead atoms. The number of rotatable bonds is 5. The van der Waals surface area contributed by atoms with Crippen LogP contribution in [0.3, 0.4) is 0 Å². The van der Waals surface area contributed by atoms with Gasteiger partial charge < -0.3 is 0 Å². The number of benzene rings is 2. The van der Waals surface area contributed by atoms with Crippen LogP contribution in [0.15, 0.2) is 48.5 Å². The average Bonchev–Trinajstić information content (AvgIpc) is 2.61. The number of halogens is 1. The van der Waals surface area contributed by atoms with Crippen molar-refractivity contribution in [1.82, 2.24) is 0 Å². The van der Waals surface area contributed by atoms with Crippen LogP contribution in [-0.2, 0) is 5.41 Å². The molecular weight excluding hydrogens is 341 g/mol. The number of hydrogen-bond donors (Lipinski definition) is 0. The van der Waals surface area contributed by atoms with Crippen molar-refractivity contribution in [3.05, 3.63) is 81.2 Å². The molecular formula is C23H26FNO2. The van der Waals surface area contributed by atoms with Crippen LogP contribution in [-0.4, -0.2) is 4.92 Å². The molecule has 0 spiro atoms. The van der Waals surface area contributed by atoms with Crippen LogP contribution in [0.5, 0.6) is 0 Å². The van der Waals surface area contributed by atoms with Gasteiger partial charge in [-0.1, -0.05) is 38.1 Å². The molecule has 3 nitrogen and oxygen atoms in total. The molecule has 3 rings (SSSR count). The summed E-state index contributed by atoms with van der Waals surface area (Å²) >= 11 is 0. The van der Waals surface area contributed by atoms with Crippen LogP contribution >= 0.6 is 0 Å². The Morgan fingerprint density at radius 1 is 1.22 bits per heavy atom. The lowest BCUT2D eigenvalue weighted by atomic mass is 9.64. The molecule has 0 aromatic heterocycles. The molecule has 0 fully saturated rings. The maximum absolute atomic E-state index is 13.6. The van der Waals surface area contributed by atoms with Crippen LogP contribution in [0, 0.1) is 28.8 Å². The molecule has 1 atom stereocenters. The third-order valence-electron chi connectivity index (χ3n) is 5.62. The second kappa shape index (κ2) is 7.63. The molecule has 1 aliphatic carbocycles. The van der Waals surface area contributed by atoms with E-state index < -0.39 is 0 Å². The topological polar surface area (TPSA) is 43.1 Å². The van der Waals surface area contributed by atoms with Crippen molar-refractivity contribution in [2.45, 2.75) is 51.9 Å². The van der Waals surface area contributed by atoms with E-state index in [4.69, 9.17) is 0 Å². The van der Waals surface area contributed by atoms with Gasteiger partial charge in [-0.25, -0.2) is 4.39 Å². The molecule has 1 unspecified atom stereocenters. The summed E-state index contributed by atoms with van der Waals surface area (Å²) in [7, 11) is 0. The molecule has 2 aromatic rings. The summed E-state index contributed by atoms with van der Waals surface area (Å²) in [4.78, 5) is 11.1. The molecule has 0 aliphatic heterocycles. The Balaban J connectivity index is 2.00. The van der Waals surface area contributed by atoms with Crippen molar-refractivity contribution in [1.29, 1.82) is 0 Å². The summed E-state index contributed by atoms with van der Waals surface area (Å²) in [5, 5.41) is 11.4. The van der Waals surface area contributed by atoms with Gasteiger partial charge in [-0.2, -0.15) is 0 Å². The fourth-order valence-electron chi connectivity index (χ4n) is 4.59. The number of nitro groups is 1. The number of allylic oxidation sites excluding steroid dienone is 2. The van der Waals surface area contributed by atoms with Crippen molar-refractivity contribution < 1.29 is 9.31 Å². The van der Waals surface area contributed by atoms with E-state index in [2.05, 4.69) is 19.9 Å². The Kier molecular flexibility index (Phi) is 5.45. The minimum atomic E-state index is -0.309. The molecule has 0 amide bonds.